The zero-order valence-corrected chi connectivity index (χ0v) is 15.8. The predicted molar refractivity (Wildman–Crippen MR) is 112 cm³/mol. The summed E-state index contributed by atoms with van der Waals surface area (Å²) in [4.78, 5) is 17.6. The van der Waals surface area contributed by atoms with Gasteiger partial charge >= 0.3 is 0 Å². The number of imidazole rings is 1. The number of carbonyl (C=O) groups excluding carboxylic acids is 1. The SMILES string of the molecule is O=C(Nc1ccccc1)[C@@H](c1ccc(Cl)cc1)n1cnc(-c2ccccc2)c1. The lowest BCUT2D eigenvalue weighted by atomic mass is 10.1. The third kappa shape index (κ3) is 3.97. The number of carbonyl (C=O) groups is 1. The molecule has 0 aliphatic rings. The number of rotatable bonds is 5. The van der Waals surface area contributed by atoms with Gasteiger partial charge < -0.3 is 9.88 Å². The van der Waals surface area contributed by atoms with E-state index in [1.165, 1.54) is 0 Å². The first-order valence-corrected chi connectivity index (χ1v) is 9.29. The number of nitrogens with zero attached hydrogens (tertiary/aromatic N) is 2. The van der Waals surface area contributed by atoms with Gasteiger partial charge in [-0.2, -0.15) is 0 Å². The van der Waals surface area contributed by atoms with Crippen molar-refractivity contribution < 1.29 is 4.79 Å². The van der Waals surface area contributed by atoms with Crippen LogP contribution in [0.5, 0.6) is 0 Å². The summed E-state index contributed by atoms with van der Waals surface area (Å²) in [7, 11) is 0. The van der Waals surface area contributed by atoms with Gasteiger partial charge in [-0.25, -0.2) is 4.98 Å². The molecule has 0 bridgehead atoms. The zero-order valence-electron chi connectivity index (χ0n) is 15.0. The fourth-order valence-electron chi connectivity index (χ4n) is 3.07. The Labute approximate surface area is 168 Å². The molecule has 5 heteroatoms. The molecule has 0 saturated heterocycles. The van der Waals surface area contributed by atoms with E-state index in [4.69, 9.17) is 11.6 Å². The zero-order chi connectivity index (χ0) is 19.3. The number of hydrogen-bond acceptors (Lipinski definition) is 2. The summed E-state index contributed by atoms with van der Waals surface area (Å²) in [6.07, 6.45) is 3.57. The molecule has 0 fully saturated rings. The Balaban J connectivity index is 1.70. The first-order chi connectivity index (χ1) is 13.7. The van der Waals surface area contributed by atoms with Crippen molar-refractivity contribution >= 4 is 23.2 Å². The first-order valence-electron chi connectivity index (χ1n) is 8.91. The van der Waals surface area contributed by atoms with Crippen molar-refractivity contribution in [2.75, 3.05) is 5.32 Å². The van der Waals surface area contributed by atoms with Gasteiger partial charge in [0.1, 0.15) is 6.04 Å². The Kier molecular flexibility index (Phi) is 5.22. The van der Waals surface area contributed by atoms with E-state index in [0.29, 0.717) is 5.02 Å². The van der Waals surface area contributed by atoms with Gasteiger partial charge in [0.2, 0.25) is 0 Å². The average Bonchev–Trinajstić information content (AvgIpc) is 3.21. The number of nitrogens with one attached hydrogen (secondary N) is 1. The highest BCUT2D eigenvalue weighted by molar-refractivity contribution is 6.30. The monoisotopic (exact) mass is 387 g/mol. The highest BCUT2D eigenvalue weighted by Crippen LogP contribution is 2.25. The summed E-state index contributed by atoms with van der Waals surface area (Å²) < 4.78 is 1.82. The van der Waals surface area contributed by atoms with Gasteiger partial charge in [-0.15, -0.1) is 0 Å². The number of para-hydroxylation sites is 1. The molecule has 1 heterocycles. The molecule has 3 aromatic carbocycles. The smallest absolute Gasteiger partial charge is 0.252 e. The Bertz CT molecular complexity index is 1060. The lowest BCUT2D eigenvalue weighted by molar-refractivity contribution is -0.118. The van der Waals surface area contributed by atoms with Crippen molar-refractivity contribution in [1.29, 1.82) is 0 Å². The Morgan fingerprint density at radius 1 is 0.893 bits per heavy atom. The molecule has 0 radical (unpaired) electrons. The standard InChI is InChI=1S/C23H18ClN3O/c24-19-13-11-18(12-14-19)22(23(28)26-20-9-5-2-6-10-20)27-15-21(25-16-27)17-7-3-1-4-8-17/h1-16,22H,(H,26,28)/t22-/m1/s1. The minimum absolute atomic E-state index is 0.148. The molecule has 0 unspecified atom stereocenters. The Hall–Kier alpha value is -3.37. The number of halogens is 1. The van der Waals surface area contributed by atoms with Crippen LogP contribution in [0.4, 0.5) is 5.69 Å². The molecule has 138 valence electrons. The van der Waals surface area contributed by atoms with Crippen molar-refractivity contribution in [2.24, 2.45) is 0 Å². The van der Waals surface area contributed by atoms with E-state index in [-0.39, 0.29) is 5.91 Å². The molecule has 1 amide bonds. The van der Waals surface area contributed by atoms with Crippen LogP contribution in [0.3, 0.4) is 0 Å². The van der Waals surface area contributed by atoms with Crippen LogP contribution in [-0.2, 0) is 4.79 Å². The fourth-order valence-corrected chi connectivity index (χ4v) is 3.20. The van der Waals surface area contributed by atoms with Gasteiger partial charge in [0.15, 0.2) is 0 Å². The molecule has 0 saturated carbocycles. The van der Waals surface area contributed by atoms with Crippen molar-refractivity contribution in [2.45, 2.75) is 6.04 Å². The Morgan fingerprint density at radius 3 is 2.21 bits per heavy atom. The van der Waals surface area contributed by atoms with Crippen LogP contribution in [0.1, 0.15) is 11.6 Å². The van der Waals surface area contributed by atoms with Crippen molar-refractivity contribution in [3.8, 4) is 11.3 Å². The fraction of sp³-hybridized carbons (Fsp3) is 0.0435. The van der Waals surface area contributed by atoms with Crippen LogP contribution in [0, 0.1) is 0 Å². The largest absolute Gasteiger partial charge is 0.324 e. The lowest BCUT2D eigenvalue weighted by Crippen LogP contribution is -2.26. The second-order valence-electron chi connectivity index (χ2n) is 6.38. The number of anilines is 1. The molecule has 28 heavy (non-hydrogen) atoms. The van der Waals surface area contributed by atoms with Crippen LogP contribution in [0.2, 0.25) is 5.02 Å². The molecular formula is C23H18ClN3O. The van der Waals surface area contributed by atoms with Gasteiger partial charge in [0.25, 0.3) is 5.91 Å². The molecule has 0 aliphatic heterocycles. The first kappa shape index (κ1) is 18.0. The molecule has 4 rings (SSSR count). The number of aromatic nitrogens is 2. The van der Waals surface area contributed by atoms with Gasteiger partial charge in [-0.1, -0.05) is 72.3 Å². The maximum Gasteiger partial charge on any atom is 0.252 e. The predicted octanol–water partition coefficient (Wildman–Crippen LogP) is 5.43. The normalized spacial score (nSPS) is 11.8. The van der Waals surface area contributed by atoms with Crippen LogP contribution < -0.4 is 5.32 Å². The maximum absolute atomic E-state index is 13.2. The van der Waals surface area contributed by atoms with E-state index in [0.717, 1.165) is 22.5 Å². The van der Waals surface area contributed by atoms with E-state index in [9.17, 15) is 4.79 Å². The molecule has 0 spiro atoms. The van der Waals surface area contributed by atoms with E-state index < -0.39 is 6.04 Å². The third-order valence-corrected chi connectivity index (χ3v) is 4.70. The summed E-state index contributed by atoms with van der Waals surface area (Å²) in [6.45, 7) is 0. The maximum atomic E-state index is 13.2. The molecule has 0 aliphatic carbocycles. The summed E-state index contributed by atoms with van der Waals surface area (Å²) in [5.74, 6) is -0.148. The Morgan fingerprint density at radius 2 is 1.54 bits per heavy atom. The number of benzene rings is 3. The van der Waals surface area contributed by atoms with Crippen molar-refractivity contribution in [3.05, 3.63) is 108 Å². The topological polar surface area (TPSA) is 46.9 Å². The molecule has 1 atom stereocenters. The summed E-state index contributed by atoms with van der Waals surface area (Å²) in [5, 5.41) is 3.61. The van der Waals surface area contributed by atoms with E-state index in [1.807, 2.05) is 83.6 Å². The van der Waals surface area contributed by atoms with Crippen LogP contribution in [0.15, 0.2) is 97.5 Å². The van der Waals surface area contributed by atoms with Crippen LogP contribution >= 0.6 is 11.6 Å². The highest BCUT2D eigenvalue weighted by atomic mass is 35.5. The van der Waals surface area contributed by atoms with Crippen molar-refractivity contribution in [3.63, 3.8) is 0 Å². The molecule has 4 aromatic rings. The van der Waals surface area contributed by atoms with Gasteiger partial charge in [-0.05, 0) is 29.8 Å². The summed E-state index contributed by atoms with van der Waals surface area (Å²) >= 11 is 6.04. The van der Waals surface area contributed by atoms with E-state index in [1.54, 1.807) is 18.5 Å². The minimum atomic E-state index is -0.567. The highest BCUT2D eigenvalue weighted by Gasteiger charge is 2.23. The number of amides is 1. The molecule has 4 nitrogen and oxygen atoms in total. The minimum Gasteiger partial charge on any atom is -0.324 e. The van der Waals surface area contributed by atoms with Crippen molar-refractivity contribution in [1.82, 2.24) is 9.55 Å². The van der Waals surface area contributed by atoms with E-state index in [2.05, 4.69) is 10.3 Å². The van der Waals surface area contributed by atoms with Gasteiger partial charge in [-0.3, -0.25) is 4.79 Å². The van der Waals surface area contributed by atoms with Gasteiger partial charge in [0.05, 0.1) is 12.0 Å². The molecule has 1 aromatic heterocycles. The number of hydrogen-bond donors (Lipinski definition) is 1. The van der Waals surface area contributed by atoms with Crippen LogP contribution in [0.25, 0.3) is 11.3 Å². The third-order valence-electron chi connectivity index (χ3n) is 4.44. The van der Waals surface area contributed by atoms with Gasteiger partial charge in [0, 0.05) is 22.5 Å². The molecule has 1 N–H and O–H groups in total. The second kappa shape index (κ2) is 8.11. The summed E-state index contributed by atoms with van der Waals surface area (Å²) in [6, 6.07) is 26.0. The lowest BCUT2D eigenvalue weighted by Gasteiger charge is -2.19. The summed E-state index contributed by atoms with van der Waals surface area (Å²) in [5.41, 5.74) is 3.39. The van der Waals surface area contributed by atoms with Crippen LogP contribution in [-0.4, -0.2) is 15.5 Å². The average molecular weight is 388 g/mol. The quantitative estimate of drug-likeness (QED) is 0.496. The second-order valence-corrected chi connectivity index (χ2v) is 6.82. The van der Waals surface area contributed by atoms with E-state index >= 15 is 0 Å². The molecular weight excluding hydrogens is 370 g/mol.